The van der Waals surface area contributed by atoms with Gasteiger partial charge in [-0.15, -0.1) is 0 Å². The first-order valence-corrected chi connectivity index (χ1v) is 11.5. The van der Waals surface area contributed by atoms with Gasteiger partial charge in [0, 0.05) is 30.2 Å². The number of H-pyrrole nitrogens is 1. The number of benzene rings is 2. The molecule has 3 N–H and O–H groups in total. The number of carbonyl (C=O) groups excluding carboxylic acids is 1. The summed E-state index contributed by atoms with van der Waals surface area (Å²) in [6.07, 6.45) is -3.43. The van der Waals surface area contributed by atoms with Gasteiger partial charge in [0.1, 0.15) is 5.75 Å². The van der Waals surface area contributed by atoms with Gasteiger partial charge in [-0.3, -0.25) is 9.69 Å². The van der Waals surface area contributed by atoms with E-state index in [1.54, 1.807) is 24.4 Å². The molecule has 3 aromatic rings. The molecule has 0 bridgehead atoms. The van der Waals surface area contributed by atoms with E-state index in [2.05, 4.69) is 10.3 Å². The highest BCUT2D eigenvalue weighted by Gasteiger charge is 2.39. The second-order valence-corrected chi connectivity index (χ2v) is 9.18. The van der Waals surface area contributed by atoms with Crippen molar-refractivity contribution >= 4 is 22.5 Å². The molecule has 1 aromatic heterocycles. The van der Waals surface area contributed by atoms with Crippen molar-refractivity contribution in [1.82, 2.24) is 9.88 Å². The number of alkyl halides is 6. The Balaban J connectivity index is 0.000000187. The number of likely N-dealkylation sites (tertiary alicyclic amines) is 1. The molecule has 0 radical (unpaired) electrons. The number of hydrogen-bond acceptors (Lipinski definition) is 3. The van der Waals surface area contributed by atoms with E-state index in [4.69, 9.17) is 0 Å². The van der Waals surface area contributed by atoms with Crippen molar-refractivity contribution in [1.29, 1.82) is 0 Å². The van der Waals surface area contributed by atoms with Gasteiger partial charge < -0.3 is 15.4 Å². The highest BCUT2D eigenvalue weighted by atomic mass is 19.4. The quantitative estimate of drug-likeness (QED) is 0.360. The number of rotatable bonds is 4. The van der Waals surface area contributed by atoms with Crippen LogP contribution >= 0.6 is 0 Å². The highest BCUT2D eigenvalue weighted by Crippen LogP contribution is 2.37. The Morgan fingerprint density at radius 3 is 2.25 bits per heavy atom. The first-order valence-electron chi connectivity index (χ1n) is 11.5. The minimum atomic E-state index is -4.24. The number of hydrogen-bond donors (Lipinski definition) is 3. The number of aromatic nitrogens is 1. The summed E-state index contributed by atoms with van der Waals surface area (Å²) in [5, 5.41) is 12.8. The van der Waals surface area contributed by atoms with Crippen molar-refractivity contribution in [3.05, 3.63) is 59.8 Å². The lowest BCUT2D eigenvalue weighted by molar-refractivity contribution is -0.162. The molecule has 1 aliphatic carbocycles. The van der Waals surface area contributed by atoms with E-state index >= 15 is 0 Å². The molecule has 2 heterocycles. The Bertz CT molecular complexity index is 1190. The van der Waals surface area contributed by atoms with Crippen LogP contribution in [0.1, 0.15) is 36.3 Å². The summed E-state index contributed by atoms with van der Waals surface area (Å²) in [7, 11) is 0. The topological polar surface area (TPSA) is 68.4 Å². The number of aromatic hydroxyl groups is 1. The van der Waals surface area contributed by atoms with Crippen LogP contribution < -0.4 is 5.32 Å². The van der Waals surface area contributed by atoms with Crippen LogP contribution in [-0.4, -0.2) is 46.7 Å². The van der Waals surface area contributed by atoms with Gasteiger partial charge in [0.2, 0.25) is 5.91 Å². The summed E-state index contributed by atoms with van der Waals surface area (Å²) in [5.74, 6) is -0.202. The van der Waals surface area contributed by atoms with E-state index < -0.39 is 30.4 Å². The van der Waals surface area contributed by atoms with Gasteiger partial charge >= 0.3 is 12.4 Å². The summed E-state index contributed by atoms with van der Waals surface area (Å²) in [4.78, 5) is 16.2. The van der Waals surface area contributed by atoms with E-state index in [0.29, 0.717) is 17.0 Å². The van der Waals surface area contributed by atoms with Crippen molar-refractivity contribution in [2.75, 3.05) is 25.0 Å². The Morgan fingerprint density at radius 1 is 1.03 bits per heavy atom. The zero-order valence-corrected chi connectivity index (χ0v) is 19.1. The van der Waals surface area contributed by atoms with Crippen molar-refractivity contribution in [3.63, 3.8) is 0 Å². The van der Waals surface area contributed by atoms with Crippen molar-refractivity contribution in [2.24, 2.45) is 5.92 Å². The zero-order valence-electron chi connectivity index (χ0n) is 19.1. The summed E-state index contributed by atoms with van der Waals surface area (Å²) in [6.45, 7) is -0.796. The summed E-state index contributed by atoms with van der Waals surface area (Å²) in [5.41, 5.74) is 1.75. The molecule has 0 spiro atoms. The van der Waals surface area contributed by atoms with Crippen LogP contribution in [0.5, 0.6) is 5.75 Å². The summed E-state index contributed by atoms with van der Waals surface area (Å²) >= 11 is 0. The zero-order chi connectivity index (χ0) is 26.1. The lowest BCUT2D eigenvalue weighted by atomic mass is 9.80. The standard InChI is InChI=1S/C14H14F3N3O2.C11H11F3/c15-14(16,17)7-20-5-8(6-20)13(22)19-12-4-18-11-2-1-9(21)3-10(11)12;12-11(13,14)10-6-4-9(5-7-10)8-2-1-3-8/h1-4,8,18,21H,5-7H2,(H,19,22);4-8H,1-3H2. The fraction of sp³-hybridized carbons (Fsp3) is 0.400. The molecule has 5 rings (SSSR count). The first kappa shape index (κ1) is 25.9. The van der Waals surface area contributed by atoms with Gasteiger partial charge in [-0.25, -0.2) is 0 Å². The maximum Gasteiger partial charge on any atom is 0.416 e. The van der Waals surface area contributed by atoms with E-state index in [0.717, 1.165) is 23.9 Å². The second kappa shape index (κ2) is 10.0. The fourth-order valence-corrected chi connectivity index (χ4v) is 4.25. The maximum absolute atomic E-state index is 12.2. The lowest BCUT2D eigenvalue weighted by Crippen LogP contribution is -2.54. The monoisotopic (exact) mass is 513 g/mol. The molecule has 2 aromatic carbocycles. The fourth-order valence-electron chi connectivity index (χ4n) is 4.25. The first-order chi connectivity index (χ1) is 16.9. The van der Waals surface area contributed by atoms with Gasteiger partial charge in [-0.1, -0.05) is 18.6 Å². The van der Waals surface area contributed by atoms with Crippen LogP contribution in [-0.2, 0) is 11.0 Å². The molecular formula is C25H25F6N3O2. The molecule has 2 aliphatic rings. The van der Waals surface area contributed by atoms with Crippen LogP contribution in [0.2, 0.25) is 0 Å². The van der Waals surface area contributed by atoms with Gasteiger partial charge in [0.15, 0.2) is 0 Å². The Kier molecular flexibility index (Phi) is 7.21. The molecule has 0 atom stereocenters. The second-order valence-electron chi connectivity index (χ2n) is 9.18. The number of fused-ring (bicyclic) bond motifs is 1. The third-order valence-electron chi connectivity index (χ3n) is 6.47. The molecule has 0 unspecified atom stereocenters. The number of phenols is 1. The molecule has 1 saturated carbocycles. The number of phenolic OH excluding ortho intramolecular Hbond substituents is 1. The van der Waals surface area contributed by atoms with E-state index in [1.807, 2.05) is 0 Å². The molecule has 36 heavy (non-hydrogen) atoms. The third kappa shape index (κ3) is 6.31. The molecule has 11 heteroatoms. The highest BCUT2D eigenvalue weighted by molar-refractivity contribution is 6.03. The van der Waals surface area contributed by atoms with Crippen molar-refractivity contribution in [2.45, 2.75) is 37.5 Å². The SMILES string of the molecule is FC(F)(F)c1ccc(C2CCC2)cc1.O=C(Nc1c[nH]c2ccc(O)cc12)C1CN(CC(F)(F)F)C1. The molecule has 194 valence electrons. The third-order valence-corrected chi connectivity index (χ3v) is 6.47. The van der Waals surface area contributed by atoms with Crippen LogP contribution in [0.3, 0.4) is 0 Å². The smallest absolute Gasteiger partial charge is 0.416 e. The molecular weight excluding hydrogens is 488 g/mol. The van der Waals surface area contributed by atoms with E-state index in [1.165, 1.54) is 35.6 Å². The lowest BCUT2D eigenvalue weighted by Gasteiger charge is -2.38. The number of nitrogens with one attached hydrogen (secondary N) is 2. The van der Waals surface area contributed by atoms with Crippen LogP contribution in [0, 0.1) is 5.92 Å². The normalized spacial score (nSPS) is 17.2. The number of carbonyl (C=O) groups is 1. The predicted molar refractivity (Wildman–Crippen MR) is 123 cm³/mol. The van der Waals surface area contributed by atoms with Gasteiger partial charge in [-0.05, 0) is 54.7 Å². The number of nitrogens with zero attached hydrogens (tertiary/aromatic N) is 1. The Morgan fingerprint density at radius 2 is 1.69 bits per heavy atom. The van der Waals surface area contributed by atoms with Gasteiger partial charge in [-0.2, -0.15) is 26.3 Å². The average Bonchev–Trinajstić information content (AvgIpc) is 3.10. The van der Waals surface area contributed by atoms with Gasteiger partial charge in [0.05, 0.1) is 23.7 Å². The number of anilines is 1. The maximum atomic E-state index is 12.2. The molecule has 2 fully saturated rings. The van der Waals surface area contributed by atoms with Crippen LogP contribution in [0.25, 0.3) is 10.9 Å². The van der Waals surface area contributed by atoms with Crippen LogP contribution in [0.15, 0.2) is 48.7 Å². The Labute approximate surface area is 203 Å². The number of aromatic amines is 1. The van der Waals surface area contributed by atoms with Crippen molar-refractivity contribution < 1.29 is 36.2 Å². The minimum absolute atomic E-state index is 0.0718. The molecule has 1 saturated heterocycles. The van der Waals surface area contributed by atoms with Crippen molar-refractivity contribution in [3.8, 4) is 5.75 Å². The summed E-state index contributed by atoms with van der Waals surface area (Å²) in [6, 6.07) is 10.3. The molecule has 1 amide bonds. The van der Waals surface area contributed by atoms with E-state index in [-0.39, 0.29) is 24.7 Å². The Hall–Kier alpha value is -3.21. The predicted octanol–water partition coefficient (Wildman–Crippen LogP) is 6.28. The number of halogens is 6. The largest absolute Gasteiger partial charge is 0.508 e. The molecule has 1 aliphatic heterocycles. The average molecular weight is 513 g/mol. The minimum Gasteiger partial charge on any atom is -0.508 e. The molecule has 5 nitrogen and oxygen atoms in total. The number of amides is 1. The van der Waals surface area contributed by atoms with E-state index in [9.17, 15) is 36.2 Å². The van der Waals surface area contributed by atoms with Gasteiger partial charge in [0.25, 0.3) is 0 Å². The van der Waals surface area contributed by atoms with Crippen LogP contribution in [0.4, 0.5) is 32.0 Å². The summed E-state index contributed by atoms with van der Waals surface area (Å²) < 4.78 is 73.3.